The van der Waals surface area contributed by atoms with Gasteiger partial charge in [0, 0.05) is 18.1 Å². The third-order valence-electron chi connectivity index (χ3n) is 4.72. The molecule has 1 atom stereocenters. The average Bonchev–Trinajstić information content (AvgIpc) is 3.05. The number of hydrogen-bond donors (Lipinski definition) is 1. The van der Waals surface area contributed by atoms with Crippen molar-refractivity contribution in [3.05, 3.63) is 60.1 Å². The van der Waals surface area contributed by atoms with E-state index in [1.165, 1.54) is 12.5 Å². The van der Waals surface area contributed by atoms with Crippen LogP contribution in [0.5, 0.6) is 5.75 Å². The van der Waals surface area contributed by atoms with Crippen LogP contribution in [0.15, 0.2) is 53.2 Å². The zero-order valence-electron chi connectivity index (χ0n) is 12.8. The molecule has 23 heavy (non-hydrogen) atoms. The minimum atomic E-state index is -0.113. The lowest BCUT2D eigenvalue weighted by Gasteiger charge is -2.47. The number of amides is 1. The van der Waals surface area contributed by atoms with E-state index in [-0.39, 0.29) is 17.6 Å². The fourth-order valence-electron chi connectivity index (χ4n) is 3.39. The summed E-state index contributed by atoms with van der Waals surface area (Å²) in [4.78, 5) is 12.3. The Morgan fingerprint density at radius 2 is 2.09 bits per heavy atom. The summed E-state index contributed by atoms with van der Waals surface area (Å²) >= 11 is 0. The van der Waals surface area contributed by atoms with Gasteiger partial charge in [0.15, 0.2) is 0 Å². The lowest BCUT2D eigenvalue weighted by molar-refractivity contribution is -0.118. The average molecular weight is 309 g/mol. The molecular weight excluding hydrogens is 290 g/mol. The van der Waals surface area contributed by atoms with Crippen molar-refractivity contribution in [1.29, 1.82) is 0 Å². The van der Waals surface area contributed by atoms with Gasteiger partial charge < -0.3 is 14.5 Å². The third kappa shape index (κ3) is 2.77. The number of fused-ring (bicyclic) bond motifs is 1. The highest BCUT2D eigenvalue weighted by Gasteiger charge is 2.45. The third-order valence-corrected chi connectivity index (χ3v) is 4.72. The Balaban J connectivity index is 1.52. The number of nitrogens with one attached hydrogen (secondary N) is 1. The Morgan fingerprint density at radius 1 is 1.22 bits per heavy atom. The van der Waals surface area contributed by atoms with E-state index in [1.807, 2.05) is 30.3 Å². The number of carbonyl (C=O) groups excluding carboxylic acids is 1. The van der Waals surface area contributed by atoms with E-state index in [9.17, 15) is 4.79 Å². The van der Waals surface area contributed by atoms with Crippen molar-refractivity contribution in [3.8, 4) is 5.75 Å². The van der Waals surface area contributed by atoms with Crippen LogP contribution in [0.3, 0.4) is 0 Å². The molecule has 2 aromatic rings. The zero-order valence-corrected chi connectivity index (χ0v) is 12.8. The van der Waals surface area contributed by atoms with E-state index in [4.69, 9.17) is 9.15 Å². The van der Waals surface area contributed by atoms with Crippen LogP contribution in [0.2, 0.25) is 0 Å². The van der Waals surface area contributed by atoms with Gasteiger partial charge in [0.25, 0.3) is 0 Å². The fraction of sp³-hybridized carbons (Fsp3) is 0.316. The number of ether oxygens (including phenoxy) is 1. The maximum Gasteiger partial charge on any atom is 0.244 e. The number of benzene rings is 1. The second-order valence-corrected chi connectivity index (χ2v) is 6.29. The Labute approximate surface area is 135 Å². The predicted octanol–water partition coefficient (Wildman–Crippen LogP) is 3.86. The molecule has 1 N–H and O–H groups in total. The van der Waals surface area contributed by atoms with Crippen molar-refractivity contribution in [2.75, 3.05) is 0 Å². The molecule has 1 unspecified atom stereocenters. The first-order valence-corrected chi connectivity index (χ1v) is 8.04. The minimum absolute atomic E-state index is 0.00555. The summed E-state index contributed by atoms with van der Waals surface area (Å²) in [6, 6.07) is 11.6. The molecule has 0 radical (unpaired) electrons. The van der Waals surface area contributed by atoms with Gasteiger partial charge >= 0.3 is 0 Å². The highest BCUT2D eigenvalue weighted by atomic mass is 16.5. The summed E-state index contributed by atoms with van der Waals surface area (Å²) in [7, 11) is 0. The van der Waals surface area contributed by atoms with Gasteiger partial charge in [-0.15, -0.1) is 0 Å². The van der Waals surface area contributed by atoms with Gasteiger partial charge in [-0.1, -0.05) is 18.2 Å². The molecule has 1 aromatic carbocycles. The molecule has 0 bridgehead atoms. The Bertz CT molecular complexity index is 729. The maximum atomic E-state index is 12.3. The standard InChI is InChI=1S/C19H19NO3/c21-18(9-8-14-5-3-12-22-14)20-16-13-19(10-4-11-19)23-17-7-2-1-6-15(16)17/h1-3,5-9,12,16H,4,10-11,13H2,(H,20,21). The molecule has 1 fully saturated rings. The van der Waals surface area contributed by atoms with Gasteiger partial charge in [-0.2, -0.15) is 0 Å². The van der Waals surface area contributed by atoms with E-state index in [0.717, 1.165) is 30.6 Å². The quantitative estimate of drug-likeness (QED) is 0.876. The van der Waals surface area contributed by atoms with Crippen molar-refractivity contribution in [1.82, 2.24) is 5.32 Å². The normalized spacial score (nSPS) is 21.5. The number of para-hydroxylation sites is 1. The van der Waals surface area contributed by atoms with Crippen molar-refractivity contribution < 1.29 is 13.9 Å². The van der Waals surface area contributed by atoms with Crippen LogP contribution in [0.4, 0.5) is 0 Å². The molecule has 1 aromatic heterocycles. The molecule has 1 spiro atoms. The lowest BCUT2D eigenvalue weighted by atomic mass is 9.73. The van der Waals surface area contributed by atoms with Crippen LogP contribution in [0.25, 0.3) is 6.08 Å². The Hall–Kier alpha value is -2.49. The molecule has 1 amide bonds. The summed E-state index contributed by atoms with van der Waals surface area (Å²) in [6.45, 7) is 0. The molecular formula is C19H19NO3. The highest BCUT2D eigenvalue weighted by Crippen LogP contribution is 2.48. The Kier molecular flexibility index (Phi) is 3.45. The van der Waals surface area contributed by atoms with Crippen LogP contribution >= 0.6 is 0 Å². The number of furan rings is 1. The van der Waals surface area contributed by atoms with Crippen LogP contribution in [0, 0.1) is 0 Å². The van der Waals surface area contributed by atoms with E-state index in [2.05, 4.69) is 5.32 Å². The second-order valence-electron chi connectivity index (χ2n) is 6.29. The summed E-state index contributed by atoms with van der Waals surface area (Å²) < 4.78 is 11.4. The van der Waals surface area contributed by atoms with E-state index in [1.54, 1.807) is 18.4 Å². The SMILES string of the molecule is O=C(C=Cc1ccco1)NC1CC2(CCC2)Oc2ccccc21. The van der Waals surface area contributed by atoms with E-state index >= 15 is 0 Å². The summed E-state index contributed by atoms with van der Waals surface area (Å²) in [5.74, 6) is 1.46. The Morgan fingerprint density at radius 3 is 2.83 bits per heavy atom. The number of carbonyl (C=O) groups is 1. The maximum absolute atomic E-state index is 12.3. The molecule has 0 saturated heterocycles. The number of rotatable bonds is 3. The number of hydrogen-bond acceptors (Lipinski definition) is 3. The van der Waals surface area contributed by atoms with Gasteiger partial charge in [0.05, 0.1) is 12.3 Å². The molecule has 4 rings (SSSR count). The molecule has 2 aliphatic rings. The van der Waals surface area contributed by atoms with Crippen LogP contribution in [-0.4, -0.2) is 11.5 Å². The minimum Gasteiger partial charge on any atom is -0.487 e. The van der Waals surface area contributed by atoms with Gasteiger partial charge in [-0.05, 0) is 43.5 Å². The van der Waals surface area contributed by atoms with Gasteiger partial charge in [-0.3, -0.25) is 4.79 Å². The monoisotopic (exact) mass is 309 g/mol. The van der Waals surface area contributed by atoms with Crippen LogP contribution in [0.1, 0.15) is 43.0 Å². The largest absolute Gasteiger partial charge is 0.487 e. The van der Waals surface area contributed by atoms with Crippen molar-refractivity contribution in [2.45, 2.75) is 37.3 Å². The van der Waals surface area contributed by atoms with Gasteiger partial charge in [0.1, 0.15) is 17.1 Å². The molecule has 2 heterocycles. The first-order valence-electron chi connectivity index (χ1n) is 8.04. The summed E-state index contributed by atoms with van der Waals surface area (Å²) in [6.07, 6.45) is 8.95. The van der Waals surface area contributed by atoms with Crippen LogP contribution < -0.4 is 10.1 Å². The zero-order chi connectivity index (χ0) is 15.7. The van der Waals surface area contributed by atoms with Crippen molar-refractivity contribution in [3.63, 3.8) is 0 Å². The highest BCUT2D eigenvalue weighted by molar-refractivity contribution is 5.91. The molecule has 4 heteroatoms. The van der Waals surface area contributed by atoms with Crippen molar-refractivity contribution in [2.24, 2.45) is 0 Å². The molecule has 4 nitrogen and oxygen atoms in total. The molecule has 1 aliphatic carbocycles. The molecule has 118 valence electrons. The topological polar surface area (TPSA) is 51.5 Å². The fourth-order valence-corrected chi connectivity index (χ4v) is 3.39. The van der Waals surface area contributed by atoms with Crippen molar-refractivity contribution >= 4 is 12.0 Å². The first-order chi connectivity index (χ1) is 11.2. The summed E-state index contributed by atoms with van der Waals surface area (Å²) in [5.41, 5.74) is 0.974. The van der Waals surface area contributed by atoms with E-state index in [0.29, 0.717) is 5.76 Å². The van der Waals surface area contributed by atoms with Gasteiger partial charge in [0.2, 0.25) is 5.91 Å². The first kappa shape index (κ1) is 14.1. The molecule has 1 saturated carbocycles. The van der Waals surface area contributed by atoms with Crippen LogP contribution in [-0.2, 0) is 4.79 Å². The summed E-state index contributed by atoms with van der Waals surface area (Å²) in [5, 5.41) is 3.11. The van der Waals surface area contributed by atoms with Gasteiger partial charge in [-0.25, -0.2) is 0 Å². The lowest BCUT2D eigenvalue weighted by Crippen LogP contribution is -2.49. The van der Waals surface area contributed by atoms with E-state index < -0.39 is 0 Å². The predicted molar refractivity (Wildman–Crippen MR) is 86.9 cm³/mol. The smallest absolute Gasteiger partial charge is 0.244 e. The second kappa shape index (κ2) is 5.61. The molecule has 1 aliphatic heterocycles.